The molecule has 0 saturated carbocycles. The summed E-state index contributed by atoms with van der Waals surface area (Å²) >= 11 is 0. The van der Waals surface area contributed by atoms with E-state index in [1.165, 1.54) is 0 Å². The first-order valence-electron chi connectivity index (χ1n) is 47.7. The fourth-order valence-electron chi connectivity index (χ4n) is 22.2. The molecule has 18 aromatic carbocycles. The van der Waals surface area contributed by atoms with Gasteiger partial charge in [0.15, 0.2) is 0 Å². The molecule has 24 rings (SSSR count). The minimum absolute atomic E-state index is 0.143. The second kappa shape index (κ2) is 30.3. The summed E-state index contributed by atoms with van der Waals surface area (Å²) in [4.78, 5) is 18.0. The number of anilines is 26. The zero-order chi connectivity index (χ0) is 91.9. The van der Waals surface area contributed by atoms with Crippen LogP contribution < -0.4 is 93.7 Å². The molecular weight excluding hydrogens is 1560 g/mol. The summed E-state index contributed by atoms with van der Waals surface area (Å²) in [6, 6.07) is 124. The van der Waals surface area contributed by atoms with Crippen molar-refractivity contribution in [3.8, 4) is 0 Å². The lowest BCUT2D eigenvalue weighted by Crippen LogP contribution is -2.66. The number of benzene rings is 18. The SMILES string of the molecule is [2H]c1c2c3c(c([2H])c1N(c1ccccc1)c1ccccc1)N(c1ccccc1)c1ccccc1B3c1cc3c(cc1N2)N(c1c(C)cc(C)cc1C)c1c([2H])c(N(c2ccccc2)c2ccccc2)c([2H])c2c1B3c1cc3c(cc1N2c1c(C)cc(C)cc1C)N(c1c(C)cc(C)cc1C)c1c([2H])c(N(c2ccccc2)c2ccccc2)c([2H])c2c1B3c1ccccc1N2c1ccccc1. The molecule has 6 heterocycles. The number of para-hydroxylation sites is 10. The maximum absolute atomic E-state index is 12.2. The van der Waals surface area contributed by atoms with Gasteiger partial charge < -0.3 is 44.5 Å². The van der Waals surface area contributed by atoms with Gasteiger partial charge in [0.25, 0.3) is 20.1 Å². The fourth-order valence-corrected chi connectivity index (χ4v) is 22.2. The van der Waals surface area contributed by atoms with Crippen LogP contribution in [-0.2, 0) is 0 Å². The minimum atomic E-state index is -0.793. The standard InChI is InChI=1S/C117H92B3N9/c1-74-58-77(4)115(78(5)59-74)127-104-72-100-96(118-94-54-34-36-56-102(94)125(89-50-30-16-31-51-89)107-65-91(64-101(121-100)112(107)118)122(83-38-18-10-19-39-83)84-40-20-11-21-41-84)70-97(104)120-99-71-98-105(73-106(99)129(117-81(8)62-76(3)63-82(117)9)111-69-93(68-110(127)114(111)120)124(87-46-26-14-27-47-87)88-48-28-15-29-49-88)128(116-79(6)60-75(2)61-80(116)7)109-67-92(123(85-42-22-12-23-43-85)86-44-24-13-25-45-86)66-108-113(109)119(98)95-55-35-37-57-103(95)126(108)90-52-32-17-33-53-90/h10-73,121H,1-9H3/i64D,65D,66D,67D,68D,69D. The molecule has 0 radical (unpaired) electrons. The van der Waals surface area contributed by atoms with Crippen LogP contribution >= 0.6 is 0 Å². The molecular formula is C117H92B3N9. The van der Waals surface area contributed by atoms with Gasteiger partial charge in [0, 0.05) is 114 Å². The van der Waals surface area contributed by atoms with E-state index in [-0.39, 0.29) is 36.3 Å². The average molecular weight is 1660 g/mol. The van der Waals surface area contributed by atoms with Crippen LogP contribution in [-0.4, -0.2) is 20.1 Å². The van der Waals surface area contributed by atoms with E-state index in [4.69, 9.17) is 0 Å². The maximum atomic E-state index is 12.2. The number of fused-ring (bicyclic) bond motifs is 12. The van der Waals surface area contributed by atoms with Gasteiger partial charge in [0.2, 0.25) is 0 Å². The molecule has 0 amide bonds. The van der Waals surface area contributed by atoms with E-state index in [0.29, 0.717) is 51.2 Å². The first-order valence-corrected chi connectivity index (χ1v) is 44.7. The highest BCUT2D eigenvalue weighted by Gasteiger charge is 2.52. The van der Waals surface area contributed by atoms with Crippen LogP contribution in [0.2, 0.25) is 0 Å². The van der Waals surface area contributed by atoms with Crippen molar-refractivity contribution < 1.29 is 8.22 Å². The van der Waals surface area contributed by atoms with E-state index in [2.05, 4.69) is 337 Å². The number of nitrogens with one attached hydrogen (secondary N) is 1. The van der Waals surface area contributed by atoms with Crippen molar-refractivity contribution in [2.45, 2.75) is 62.3 Å². The fraction of sp³-hybridized carbons (Fsp3) is 0.0769. The highest BCUT2D eigenvalue weighted by Crippen LogP contribution is 2.56. The second-order valence-electron chi connectivity index (χ2n) is 35.3. The van der Waals surface area contributed by atoms with Crippen molar-refractivity contribution in [3.63, 3.8) is 0 Å². The molecule has 0 spiro atoms. The molecule has 18 aromatic rings. The zero-order valence-electron chi connectivity index (χ0n) is 79.3. The van der Waals surface area contributed by atoms with Gasteiger partial charge in [-0.15, -0.1) is 0 Å². The topological polar surface area (TPSA) is 38.0 Å². The Hall–Kier alpha value is -15.6. The number of aryl methyl sites for hydroxylation is 9. The van der Waals surface area contributed by atoms with Crippen molar-refractivity contribution in [3.05, 3.63) is 438 Å². The van der Waals surface area contributed by atoms with Crippen molar-refractivity contribution in [2.24, 2.45) is 0 Å². The van der Waals surface area contributed by atoms with E-state index >= 15 is 0 Å². The molecule has 0 saturated heterocycles. The van der Waals surface area contributed by atoms with Gasteiger partial charge in [-0.2, -0.15) is 0 Å². The maximum Gasteiger partial charge on any atom is 0.252 e. The minimum Gasteiger partial charge on any atom is -0.356 e. The van der Waals surface area contributed by atoms with Gasteiger partial charge in [-0.05, 0) is 302 Å². The molecule has 0 atom stereocenters. The average Bonchev–Trinajstić information content (AvgIpc) is 0.666. The van der Waals surface area contributed by atoms with Crippen LogP contribution in [0, 0.1) is 62.3 Å². The van der Waals surface area contributed by atoms with Crippen molar-refractivity contribution in [1.82, 2.24) is 0 Å². The third-order valence-electron chi connectivity index (χ3n) is 26.9. The van der Waals surface area contributed by atoms with Gasteiger partial charge >= 0.3 is 0 Å². The summed E-state index contributed by atoms with van der Waals surface area (Å²) in [5.41, 5.74) is 36.3. The second-order valence-corrected chi connectivity index (χ2v) is 35.3. The largest absolute Gasteiger partial charge is 0.356 e. The van der Waals surface area contributed by atoms with Gasteiger partial charge in [0.05, 0.1) is 42.3 Å². The Bertz CT molecular complexity index is 7780. The summed E-state index contributed by atoms with van der Waals surface area (Å²) in [6.07, 6.45) is 0. The predicted octanol–water partition coefficient (Wildman–Crippen LogP) is 25.4. The monoisotopic (exact) mass is 1660 g/mol. The molecule has 6 aliphatic rings. The van der Waals surface area contributed by atoms with Crippen molar-refractivity contribution >= 4 is 217 Å². The molecule has 129 heavy (non-hydrogen) atoms. The molecule has 0 aliphatic carbocycles. The van der Waals surface area contributed by atoms with E-state index in [1.54, 1.807) is 0 Å². The predicted molar refractivity (Wildman–Crippen MR) is 550 cm³/mol. The highest BCUT2D eigenvalue weighted by molar-refractivity contribution is 7.04. The highest BCUT2D eigenvalue weighted by atomic mass is 15.2. The summed E-state index contributed by atoms with van der Waals surface area (Å²) in [6.45, 7) is 17.6. The van der Waals surface area contributed by atoms with E-state index in [9.17, 15) is 8.22 Å². The molecule has 0 fully saturated rings. The molecule has 6 aliphatic heterocycles. The summed E-state index contributed by atoms with van der Waals surface area (Å²) < 4.78 is 70.2. The Kier molecular flexibility index (Phi) is 16.6. The van der Waals surface area contributed by atoms with Gasteiger partial charge in [-0.25, -0.2) is 0 Å². The lowest BCUT2D eigenvalue weighted by Gasteiger charge is -2.49. The first kappa shape index (κ1) is 70.6. The first-order chi connectivity index (χ1) is 65.8. The third kappa shape index (κ3) is 12.2. The number of hydrogen-bond acceptors (Lipinski definition) is 9. The van der Waals surface area contributed by atoms with E-state index in [1.807, 2.05) is 121 Å². The smallest absolute Gasteiger partial charge is 0.252 e. The normalized spacial score (nSPS) is 13.7. The number of nitrogens with zero attached hydrogens (tertiary/aromatic N) is 8. The van der Waals surface area contributed by atoms with Crippen LogP contribution in [0.3, 0.4) is 0 Å². The Morgan fingerprint density at radius 3 is 0.798 bits per heavy atom. The Morgan fingerprint density at radius 1 is 0.209 bits per heavy atom. The van der Waals surface area contributed by atoms with Crippen LogP contribution in [0.1, 0.15) is 58.3 Å². The molecule has 0 bridgehead atoms. The summed E-state index contributed by atoms with van der Waals surface area (Å²) in [5.74, 6) is 0. The van der Waals surface area contributed by atoms with Crippen molar-refractivity contribution in [1.29, 1.82) is 0 Å². The van der Waals surface area contributed by atoms with Crippen LogP contribution in [0.4, 0.5) is 148 Å². The summed E-state index contributed by atoms with van der Waals surface area (Å²) in [7, 11) is 0. The third-order valence-corrected chi connectivity index (χ3v) is 26.9. The quantitative estimate of drug-likeness (QED) is 0.107. The number of hydrogen-bond donors (Lipinski definition) is 1. The van der Waals surface area contributed by atoms with Crippen LogP contribution in [0.5, 0.6) is 0 Å². The lowest BCUT2D eigenvalue weighted by atomic mass is 9.29. The van der Waals surface area contributed by atoms with E-state index < -0.39 is 20.1 Å². The van der Waals surface area contributed by atoms with Gasteiger partial charge in [0.1, 0.15) is 0 Å². The zero-order valence-corrected chi connectivity index (χ0v) is 73.3. The Labute approximate surface area is 765 Å². The molecule has 9 nitrogen and oxygen atoms in total. The van der Waals surface area contributed by atoms with E-state index in [0.717, 1.165) is 196 Å². The van der Waals surface area contributed by atoms with Gasteiger partial charge in [-0.1, -0.05) is 247 Å². The number of rotatable bonds is 14. The molecule has 614 valence electrons. The van der Waals surface area contributed by atoms with Crippen LogP contribution in [0.15, 0.2) is 388 Å². The molecule has 0 unspecified atom stereocenters. The Balaban J connectivity index is 0.881. The van der Waals surface area contributed by atoms with Crippen LogP contribution in [0.25, 0.3) is 0 Å². The molecule has 1 N–H and O–H groups in total. The molecule has 0 aromatic heterocycles. The van der Waals surface area contributed by atoms with Crippen molar-refractivity contribution in [2.75, 3.05) is 44.5 Å². The summed E-state index contributed by atoms with van der Waals surface area (Å²) in [5, 5.41) is 4.16. The molecule has 12 heteroatoms. The lowest BCUT2D eigenvalue weighted by molar-refractivity contribution is 1.17. The Morgan fingerprint density at radius 2 is 0.465 bits per heavy atom. The van der Waals surface area contributed by atoms with Gasteiger partial charge in [-0.3, -0.25) is 0 Å².